The van der Waals surface area contributed by atoms with Crippen molar-refractivity contribution < 1.29 is 14.3 Å². The molecule has 3 rings (SSSR count). The molecule has 146 valence electrons. The zero-order valence-corrected chi connectivity index (χ0v) is 15.7. The summed E-state index contributed by atoms with van der Waals surface area (Å²) in [4.78, 5) is 41.4. The highest BCUT2D eigenvalue weighted by Gasteiger charge is 2.23. The zero-order valence-electron chi connectivity index (χ0n) is 15.7. The van der Waals surface area contributed by atoms with Crippen LogP contribution in [0.3, 0.4) is 0 Å². The second-order valence-corrected chi connectivity index (χ2v) is 6.24. The molecule has 1 unspecified atom stereocenters. The average molecular weight is 383 g/mol. The van der Waals surface area contributed by atoms with Crippen LogP contribution in [0, 0.1) is 0 Å². The van der Waals surface area contributed by atoms with E-state index in [1.807, 2.05) is 30.3 Å². The summed E-state index contributed by atoms with van der Waals surface area (Å²) in [5, 5.41) is 6.98. The molecule has 0 saturated heterocycles. The van der Waals surface area contributed by atoms with E-state index in [0.717, 1.165) is 5.56 Å². The van der Waals surface area contributed by atoms with Crippen molar-refractivity contribution in [1.29, 1.82) is 0 Å². The molecule has 28 heavy (non-hydrogen) atoms. The Labute approximate surface area is 160 Å². The van der Waals surface area contributed by atoms with Crippen molar-refractivity contribution in [3.05, 3.63) is 58.8 Å². The van der Waals surface area contributed by atoms with Gasteiger partial charge in [0.05, 0.1) is 12.8 Å². The number of nitrogens with one attached hydrogen (secondary N) is 1. The van der Waals surface area contributed by atoms with Gasteiger partial charge < -0.3 is 10.1 Å². The number of rotatable bonds is 7. The maximum absolute atomic E-state index is 12.5. The van der Waals surface area contributed by atoms with Crippen LogP contribution in [-0.4, -0.2) is 43.9 Å². The van der Waals surface area contributed by atoms with E-state index >= 15 is 0 Å². The summed E-state index contributed by atoms with van der Waals surface area (Å²) < 4.78 is 7.73. The number of fused-ring (bicyclic) bond motifs is 1. The Kier molecular flexibility index (Phi) is 5.83. The van der Waals surface area contributed by atoms with Crippen molar-refractivity contribution in [3.63, 3.8) is 0 Å². The van der Waals surface area contributed by atoms with E-state index in [1.54, 1.807) is 14.0 Å². The van der Waals surface area contributed by atoms with E-state index in [0.29, 0.717) is 17.5 Å². The largest absolute Gasteiger partial charge is 0.464 e. The van der Waals surface area contributed by atoms with Gasteiger partial charge in [0.1, 0.15) is 24.3 Å². The number of benzene rings is 1. The normalized spacial score (nSPS) is 11.9. The first-order valence-electron chi connectivity index (χ1n) is 8.86. The van der Waals surface area contributed by atoms with Gasteiger partial charge in [-0.3, -0.25) is 18.8 Å². The third-order valence-electron chi connectivity index (χ3n) is 4.22. The molecule has 9 nitrogen and oxygen atoms in total. The van der Waals surface area contributed by atoms with Gasteiger partial charge in [-0.2, -0.15) is 5.10 Å². The summed E-state index contributed by atoms with van der Waals surface area (Å²) in [6, 6.07) is 8.46. The number of hydrogen-bond acceptors (Lipinski definition) is 6. The van der Waals surface area contributed by atoms with Crippen LogP contribution in [0.5, 0.6) is 0 Å². The Bertz CT molecular complexity index is 1040. The molecular weight excluding hydrogens is 362 g/mol. The lowest BCUT2D eigenvalue weighted by Crippen LogP contribution is -2.45. The fourth-order valence-corrected chi connectivity index (χ4v) is 2.86. The number of aryl methyl sites for hydroxylation is 1. The first-order chi connectivity index (χ1) is 13.5. The minimum absolute atomic E-state index is 0.209. The fourth-order valence-electron chi connectivity index (χ4n) is 2.86. The number of ether oxygens (including phenoxy) is 1. The molecule has 0 aliphatic heterocycles. The Morgan fingerprint density at radius 2 is 2.00 bits per heavy atom. The monoisotopic (exact) mass is 383 g/mol. The molecule has 2 heterocycles. The number of esters is 1. The SMILES string of the molecule is CCOC(=O)C(Cc1ccccc1)NC(=O)Cn1cnc2c(cnn2C)c1=O. The van der Waals surface area contributed by atoms with Crippen LogP contribution in [0.2, 0.25) is 0 Å². The zero-order chi connectivity index (χ0) is 20.1. The molecule has 0 aliphatic carbocycles. The molecule has 3 aromatic rings. The van der Waals surface area contributed by atoms with Crippen LogP contribution < -0.4 is 10.9 Å². The molecule has 1 aromatic carbocycles. The van der Waals surface area contributed by atoms with E-state index in [2.05, 4.69) is 15.4 Å². The van der Waals surface area contributed by atoms with Gasteiger partial charge in [0, 0.05) is 13.5 Å². The summed E-state index contributed by atoms with van der Waals surface area (Å²) in [5.41, 5.74) is 0.954. The molecule has 9 heteroatoms. The van der Waals surface area contributed by atoms with Crippen molar-refractivity contribution in [2.45, 2.75) is 25.9 Å². The van der Waals surface area contributed by atoms with Crippen molar-refractivity contribution >= 4 is 22.9 Å². The van der Waals surface area contributed by atoms with Crippen molar-refractivity contribution in [2.24, 2.45) is 7.05 Å². The van der Waals surface area contributed by atoms with Crippen LogP contribution in [0.1, 0.15) is 12.5 Å². The lowest BCUT2D eigenvalue weighted by molar-refractivity contribution is -0.147. The lowest BCUT2D eigenvalue weighted by atomic mass is 10.1. The van der Waals surface area contributed by atoms with E-state index in [-0.39, 0.29) is 18.7 Å². The van der Waals surface area contributed by atoms with Crippen LogP contribution in [0.4, 0.5) is 0 Å². The van der Waals surface area contributed by atoms with Crippen LogP contribution in [0.15, 0.2) is 47.7 Å². The molecule has 0 fully saturated rings. The van der Waals surface area contributed by atoms with Gasteiger partial charge in [-0.05, 0) is 12.5 Å². The molecule has 1 amide bonds. The smallest absolute Gasteiger partial charge is 0.328 e. The molecule has 0 saturated carbocycles. The topological polar surface area (TPSA) is 108 Å². The van der Waals surface area contributed by atoms with Crippen molar-refractivity contribution in [2.75, 3.05) is 6.61 Å². The van der Waals surface area contributed by atoms with E-state index in [1.165, 1.54) is 21.8 Å². The highest BCUT2D eigenvalue weighted by molar-refractivity contribution is 5.84. The average Bonchev–Trinajstić information content (AvgIpc) is 3.06. The van der Waals surface area contributed by atoms with Gasteiger partial charge >= 0.3 is 5.97 Å². The molecule has 0 radical (unpaired) electrons. The number of nitrogens with zero attached hydrogens (tertiary/aromatic N) is 4. The van der Waals surface area contributed by atoms with Gasteiger partial charge in [0.25, 0.3) is 5.56 Å². The van der Waals surface area contributed by atoms with Gasteiger partial charge in [-0.15, -0.1) is 0 Å². The number of aromatic nitrogens is 4. The van der Waals surface area contributed by atoms with Crippen LogP contribution >= 0.6 is 0 Å². The number of amides is 1. The molecular formula is C19H21N5O4. The molecule has 0 spiro atoms. The van der Waals surface area contributed by atoms with E-state index < -0.39 is 17.9 Å². The molecule has 1 N–H and O–H groups in total. The Morgan fingerprint density at radius 3 is 2.71 bits per heavy atom. The van der Waals surface area contributed by atoms with Crippen LogP contribution in [-0.2, 0) is 34.3 Å². The standard InChI is InChI=1S/C19H21N5O4/c1-3-28-19(27)15(9-13-7-5-4-6-8-13)22-16(25)11-24-12-20-17-14(18(24)26)10-21-23(17)2/h4-8,10,12,15H,3,9,11H2,1-2H3,(H,22,25). The lowest BCUT2D eigenvalue weighted by Gasteiger charge is -2.17. The van der Waals surface area contributed by atoms with Gasteiger partial charge in [0.2, 0.25) is 5.91 Å². The van der Waals surface area contributed by atoms with Gasteiger partial charge in [-0.25, -0.2) is 9.78 Å². The summed E-state index contributed by atoms with van der Waals surface area (Å²) in [5.74, 6) is -1.01. The summed E-state index contributed by atoms with van der Waals surface area (Å²) in [6.07, 6.45) is 3.00. The second kappa shape index (κ2) is 8.47. The molecule has 2 aromatic heterocycles. The third-order valence-corrected chi connectivity index (χ3v) is 4.22. The quantitative estimate of drug-likeness (QED) is 0.593. The summed E-state index contributed by atoms with van der Waals surface area (Å²) in [6.45, 7) is 1.65. The van der Waals surface area contributed by atoms with Gasteiger partial charge in [-0.1, -0.05) is 30.3 Å². The Morgan fingerprint density at radius 1 is 1.25 bits per heavy atom. The van der Waals surface area contributed by atoms with E-state index in [4.69, 9.17) is 4.74 Å². The fraction of sp³-hybridized carbons (Fsp3) is 0.316. The second-order valence-electron chi connectivity index (χ2n) is 6.24. The Balaban J connectivity index is 1.75. The third kappa shape index (κ3) is 4.25. The Hall–Kier alpha value is -3.49. The molecule has 0 aliphatic rings. The first kappa shape index (κ1) is 19.3. The molecule has 0 bridgehead atoms. The maximum Gasteiger partial charge on any atom is 0.328 e. The van der Waals surface area contributed by atoms with E-state index in [9.17, 15) is 14.4 Å². The van der Waals surface area contributed by atoms with Crippen LogP contribution in [0.25, 0.3) is 11.0 Å². The van der Waals surface area contributed by atoms with Crippen molar-refractivity contribution in [1.82, 2.24) is 24.6 Å². The molecule has 1 atom stereocenters. The maximum atomic E-state index is 12.5. The minimum atomic E-state index is -0.847. The predicted octanol–water partition coefficient (Wildman–Crippen LogP) is 0.421. The number of carbonyl (C=O) groups excluding carboxylic acids is 2. The van der Waals surface area contributed by atoms with Crippen molar-refractivity contribution in [3.8, 4) is 0 Å². The predicted molar refractivity (Wildman–Crippen MR) is 101 cm³/mol. The summed E-state index contributed by atoms with van der Waals surface area (Å²) in [7, 11) is 1.68. The minimum Gasteiger partial charge on any atom is -0.464 e. The number of carbonyl (C=O) groups is 2. The first-order valence-corrected chi connectivity index (χ1v) is 8.86. The van der Waals surface area contributed by atoms with Gasteiger partial charge in [0.15, 0.2) is 5.65 Å². The highest BCUT2D eigenvalue weighted by Crippen LogP contribution is 2.06. The number of hydrogen-bond donors (Lipinski definition) is 1. The highest BCUT2D eigenvalue weighted by atomic mass is 16.5. The summed E-state index contributed by atoms with van der Waals surface area (Å²) >= 11 is 0.